The van der Waals surface area contributed by atoms with E-state index < -0.39 is 44.1 Å². The summed E-state index contributed by atoms with van der Waals surface area (Å²) in [5.41, 5.74) is -0.985. The minimum atomic E-state index is -5.08. The van der Waals surface area contributed by atoms with Crippen LogP contribution in [0.25, 0.3) is 22.3 Å². The SMILES string of the molecule is COc1cc(OC)c2c(=O)c(OS(=O)(=O)c3cccc(OC(F)(F)F)c3)c(-c3cc(OC)c(OC)c(OC)c3)oc2c1. The first kappa shape index (κ1) is 30.2. The lowest BCUT2D eigenvalue weighted by atomic mass is 10.1. The molecule has 4 aromatic rings. The van der Waals surface area contributed by atoms with E-state index >= 15 is 0 Å². The van der Waals surface area contributed by atoms with Gasteiger partial charge in [-0.3, -0.25) is 4.79 Å². The first-order valence-electron chi connectivity index (χ1n) is 11.7. The first-order valence-corrected chi connectivity index (χ1v) is 13.1. The average molecular weight is 613 g/mol. The third kappa shape index (κ3) is 5.95. The highest BCUT2D eigenvalue weighted by molar-refractivity contribution is 7.87. The smallest absolute Gasteiger partial charge is 0.496 e. The molecule has 0 aliphatic rings. The van der Waals surface area contributed by atoms with Crippen molar-refractivity contribution in [2.24, 2.45) is 0 Å². The highest BCUT2D eigenvalue weighted by Gasteiger charge is 2.33. The van der Waals surface area contributed by atoms with Crippen LogP contribution in [-0.2, 0) is 10.1 Å². The van der Waals surface area contributed by atoms with Crippen molar-refractivity contribution in [1.82, 2.24) is 0 Å². The number of rotatable bonds is 10. The fourth-order valence-corrected chi connectivity index (χ4v) is 4.96. The molecule has 0 aliphatic carbocycles. The molecule has 224 valence electrons. The van der Waals surface area contributed by atoms with E-state index in [0.29, 0.717) is 6.07 Å². The number of benzene rings is 3. The Morgan fingerprint density at radius 1 is 0.738 bits per heavy atom. The Hall–Kier alpha value is -4.79. The number of ether oxygens (including phenoxy) is 6. The van der Waals surface area contributed by atoms with Gasteiger partial charge in [0.15, 0.2) is 17.3 Å². The minimum Gasteiger partial charge on any atom is -0.496 e. The lowest BCUT2D eigenvalue weighted by molar-refractivity contribution is -0.274. The number of hydrogen-bond acceptors (Lipinski definition) is 11. The second-order valence-electron chi connectivity index (χ2n) is 8.27. The zero-order valence-corrected chi connectivity index (χ0v) is 23.5. The number of methoxy groups -OCH3 is 5. The van der Waals surface area contributed by atoms with Gasteiger partial charge in [0.1, 0.15) is 33.1 Å². The standard InChI is InChI=1S/C27H23F3O11S/c1-34-16-12-18(35-2)22-19(13-16)39-24(14-9-20(36-3)25(38-5)21(10-14)37-4)26(23(22)31)41-42(32,33)17-8-6-7-15(11-17)40-27(28,29)30/h6-13H,1-5H3. The van der Waals surface area contributed by atoms with Crippen LogP contribution in [0.1, 0.15) is 0 Å². The zero-order chi connectivity index (χ0) is 30.8. The number of hydrogen-bond donors (Lipinski definition) is 0. The van der Waals surface area contributed by atoms with Gasteiger partial charge in [0.05, 0.1) is 35.5 Å². The van der Waals surface area contributed by atoms with E-state index in [1.807, 2.05) is 0 Å². The summed E-state index contributed by atoms with van der Waals surface area (Å²) in [6, 6.07) is 8.96. The maximum atomic E-state index is 13.9. The van der Waals surface area contributed by atoms with Crippen LogP contribution in [0.4, 0.5) is 13.2 Å². The van der Waals surface area contributed by atoms with Gasteiger partial charge in [-0.2, -0.15) is 8.42 Å². The van der Waals surface area contributed by atoms with Gasteiger partial charge in [0, 0.05) is 23.8 Å². The molecule has 1 heterocycles. The lowest BCUT2D eigenvalue weighted by Gasteiger charge is -2.17. The highest BCUT2D eigenvalue weighted by atomic mass is 32.2. The molecule has 3 aromatic carbocycles. The molecule has 0 N–H and O–H groups in total. The molecular formula is C27H23F3O11S. The molecule has 42 heavy (non-hydrogen) atoms. The minimum absolute atomic E-state index is 0.0302. The molecule has 0 spiro atoms. The zero-order valence-electron chi connectivity index (χ0n) is 22.7. The molecule has 4 rings (SSSR count). The Bertz CT molecular complexity index is 1770. The van der Waals surface area contributed by atoms with E-state index in [9.17, 15) is 26.4 Å². The van der Waals surface area contributed by atoms with Crippen LogP contribution in [0.2, 0.25) is 0 Å². The van der Waals surface area contributed by atoms with Crippen LogP contribution in [0, 0.1) is 0 Å². The maximum absolute atomic E-state index is 13.9. The molecule has 0 saturated carbocycles. The fraction of sp³-hybridized carbons (Fsp3) is 0.222. The summed E-state index contributed by atoms with van der Waals surface area (Å²) in [4.78, 5) is 13.1. The van der Waals surface area contributed by atoms with Crippen molar-refractivity contribution in [2.75, 3.05) is 35.5 Å². The van der Waals surface area contributed by atoms with Crippen LogP contribution in [-0.4, -0.2) is 50.3 Å². The number of fused-ring (bicyclic) bond motifs is 1. The summed E-state index contributed by atoms with van der Waals surface area (Å²) in [6.07, 6.45) is -5.08. The monoisotopic (exact) mass is 612 g/mol. The molecule has 11 nitrogen and oxygen atoms in total. The predicted octanol–water partition coefficient (Wildman–Crippen LogP) is 5.17. The summed E-state index contributed by atoms with van der Waals surface area (Å²) in [5.74, 6) is -1.38. The summed E-state index contributed by atoms with van der Waals surface area (Å²) in [7, 11) is 1.74. The Balaban J connectivity index is 2.01. The van der Waals surface area contributed by atoms with Crippen molar-refractivity contribution in [2.45, 2.75) is 11.3 Å². The quantitative estimate of drug-likeness (QED) is 0.220. The van der Waals surface area contributed by atoms with Crippen molar-refractivity contribution >= 4 is 21.1 Å². The lowest BCUT2D eigenvalue weighted by Crippen LogP contribution is -2.19. The van der Waals surface area contributed by atoms with Crippen LogP contribution < -0.4 is 38.0 Å². The van der Waals surface area contributed by atoms with E-state index in [1.165, 1.54) is 59.8 Å². The van der Waals surface area contributed by atoms with E-state index in [1.54, 1.807) is 0 Å². The van der Waals surface area contributed by atoms with Crippen LogP contribution >= 0.6 is 0 Å². The Kier molecular flexibility index (Phi) is 8.33. The molecule has 0 saturated heterocycles. The number of halogens is 3. The van der Waals surface area contributed by atoms with Gasteiger partial charge < -0.3 is 37.0 Å². The van der Waals surface area contributed by atoms with Crippen molar-refractivity contribution in [3.05, 3.63) is 58.8 Å². The second kappa shape index (κ2) is 11.6. The van der Waals surface area contributed by atoms with Crippen molar-refractivity contribution in [3.63, 3.8) is 0 Å². The van der Waals surface area contributed by atoms with Gasteiger partial charge in [0.2, 0.25) is 16.9 Å². The summed E-state index contributed by atoms with van der Waals surface area (Å²) < 4.78 is 107. The third-order valence-electron chi connectivity index (χ3n) is 5.79. The van der Waals surface area contributed by atoms with Gasteiger partial charge in [-0.25, -0.2) is 0 Å². The Labute approximate surface area is 237 Å². The van der Waals surface area contributed by atoms with E-state index in [0.717, 1.165) is 18.2 Å². The largest absolute Gasteiger partial charge is 0.573 e. The molecule has 0 unspecified atom stereocenters. The van der Waals surface area contributed by atoms with Gasteiger partial charge in [-0.15, -0.1) is 13.2 Å². The topological polar surface area (TPSA) is 129 Å². The van der Waals surface area contributed by atoms with Crippen LogP contribution in [0.3, 0.4) is 0 Å². The second-order valence-corrected chi connectivity index (χ2v) is 9.81. The van der Waals surface area contributed by atoms with Crippen molar-refractivity contribution < 1.29 is 58.6 Å². The van der Waals surface area contributed by atoms with E-state index in [2.05, 4.69) is 4.74 Å². The normalized spacial score (nSPS) is 11.6. The number of alkyl halides is 3. The molecule has 0 radical (unpaired) electrons. The van der Waals surface area contributed by atoms with Crippen LogP contribution in [0.5, 0.6) is 40.2 Å². The maximum Gasteiger partial charge on any atom is 0.573 e. The van der Waals surface area contributed by atoms with E-state index in [4.69, 9.17) is 32.3 Å². The summed E-state index contributed by atoms with van der Waals surface area (Å²) in [5, 5.41) is -0.200. The van der Waals surface area contributed by atoms with Crippen molar-refractivity contribution in [3.8, 4) is 51.6 Å². The third-order valence-corrected chi connectivity index (χ3v) is 7.01. The highest BCUT2D eigenvalue weighted by Crippen LogP contribution is 2.44. The fourth-order valence-electron chi connectivity index (χ4n) is 3.98. The molecule has 0 atom stereocenters. The van der Waals surface area contributed by atoms with Gasteiger partial charge in [0.25, 0.3) is 0 Å². The van der Waals surface area contributed by atoms with Crippen molar-refractivity contribution in [1.29, 1.82) is 0 Å². The Morgan fingerprint density at radius 3 is 1.93 bits per heavy atom. The molecule has 0 fully saturated rings. The molecule has 1 aromatic heterocycles. The summed E-state index contributed by atoms with van der Waals surface area (Å²) in [6.45, 7) is 0. The molecular weight excluding hydrogens is 589 g/mol. The van der Waals surface area contributed by atoms with Gasteiger partial charge >= 0.3 is 16.5 Å². The molecule has 0 amide bonds. The first-order chi connectivity index (χ1) is 19.8. The average Bonchev–Trinajstić information content (AvgIpc) is 2.96. The van der Waals surface area contributed by atoms with Gasteiger partial charge in [-0.1, -0.05) is 6.07 Å². The Morgan fingerprint density at radius 2 is 1.38 bits per heavy atom. The van der Waals surface area contributed by atoms with Crippen LogP contribution in [0.15, 0.2) is 62.6 Å². The molecule has 15 heteroatoms. The van der Waals surface area contributed by atoms with E-state index in [-0.39, 0.29) is 45.3 Å². The summed E-state index contributed by atoms with van der Waals surface area (Å²) >= 11 is 0. The van der Waals surface area contributed by atoms with Gasteiger partial charge in [-0.05, 0) is 24.3 Å². The molecule has 0 aliphatic heterocycles. The predicted molar refractivity (Wildman–Crippen MR) is 142 cm³/mol. The molecule has 0 bridgehead atoms.